The van der Waals surface area contributed by atoms with Crippen LogP contribution >= 0.6 is 15.9 Å². The molecule has 0 saturated heterocycles. The Morgan fingerprint density at radius 2 is 1.61 bits per heavy atom. The average molecular weight is 502 g/mol. The molecule has 0 heterocycles. The molecular weight excluding hydrogens is 478 g/mol. The summed E-state index contributed by atoms with van der Waals surface area (Å²) >= 11 is 3.37. The second-order valence-corrected chi connectivity index (χ2v) is 10.1. The van der Waals surface area contributed by atoms with Crippen molar-refractivity contribution in [1.82, 2.24) is 0 Å². The number of aryl methyl sites for hydroxylation is 2. The van der Waals surface area contributed by atoms with Gasteiger partial charge in [0.2, 0.25) is 0 Å². The van der Waals surface area contributed by atoms with E-state index in [0.717, 1.165) is 19.9 Å². The predicted molar refractivity (Wildman–Crippen MR) is 126 cm³/mol. The van der Waals surface area contributed by atoms with E-state index in [1.807, 2.05) is 26.0 Å². The quantitative estimate of drug-likeness (QED) is 0.443. The number of rotatable bonds is 6. The fourth-order valence-corrected chi connectivity index (χ4v) is 5.01. The highest BCUT2D eigenvalue weighted by Crippen LogP contribution is 2.30. The molecule has 0 bridgehead atoms. The number of carbonyl (C=O) groups excluding carboxylic acids is 1. The maximum atomic E-state index is 13.6. The fraction of sp³-hybridized carbons (Fsp3) is 0.208. The van der Waals surface area contributed by atoms with Gasteiger partial charge in [-0.2, -0.15) is 4.31 Å². The van der Waals surface area contributed by atoms with Crippen molar-refractivity contribution in [3.8, 4) is 5.75 Å². The van der Waals surface area contributed by atoms with Crippen LogP contribution in [0.1, 0.15) is 23.6 Å². The zero-order chi connectivity index (χ0) is 22.8. The molecule has 0 fully saturated rings. The van der Waals surface area contributed by atoms with Gasteiger partial charge in [0.25, 0.3) is 15.9 Å². The molecule has 31 heavy (non-hydrogen) atoms. The average Bonchev–Trinajstić information content (AvgIpc) is 2.71. The third-order valence-corrected chi connectivity index (χ3v) is 7.23. The Morgan fingerprint density at radius 3 is 2.26 bits per heavy atom. The lowest BCUT2D eigenvalue weighted by Gasteiger charge is -2.27. The van der Waals surface area contributed by atoms with Crippen molar-refractivity contribution < 1.29 is 17.9 Å². The van der Waals surface area contributed by atoms with Crippen LogP contribution < -0.4 is 9.04 Å². The SMILES string of the molecule is Cc1ccc(S(=O)(=O)N(C(=O)C(C)Oc2cccc(Br)c2)c2cccc(C)c2C)cc1. The number of carbonyl (C=O) groups is 1. The summed E-state index contributed by atoms with van der Waals surface area (Å²) in [4.78, 5) is 13.5. The normalized spacial score (nSPS) is 12.3. The third kappa shape index (κ3) is 4.99. The first kappa shape index (κ1) is 23.0. The minimum atomic E-state index is -4.16. The Hall–Kier alpha value is -2.64. The number of ether oxygens (including phenoxy) is 1. The van der Waals surface area contributed by atoms with Crippen molar-refractivity contribution in [3.05, 3.63) is 87.9 Å². The van der Waals surface area contributed by atoms with Crippen LogP contribution in [0.3, 0.4) is 0 Å². The first-order valence-electron chi connectivity index (χ1n) is 9.75. The number of anilines is 1. The largest absolute Gasteiger partial charge is 0.481 e. The van der Waals surface area contributed by atoms with E-state index < -0.39 is 22.0 Å². The highest BCUT2D eigenvalue weighted by atomic mass is 79.9. The number of halogens is 1. The lowest BCUT2D eigenvalue weighted by molar-refractivity contribution is -0.123. The fourth-order valence-electron chi connectivity index (χ4n) is 3.10. The molecule has 5 nitrogen and oxygen atoms in total. The summed E-state index contributed by atoms with van der Waals surface area (Å²) in [6, 6.07) is 18.7. The molecule has 1 unspecified atom stereocenters. The minimum absolute atomic E-state index is 0.0435. The van der Waals surface area contributed by atoms with Gasteiger partial charge in [0, 0.05) is 4.47 Å². The van der Waals surface area contributed by atoms with E-state index >= 15 is 0 Å². The molecule has 162 valence electrons. The molecule has 0 aliphatic rings. The van der Waals surface area contributed by atoms with Gasteiger partial charge in [-0.3, -0.25) is 4.79 Å². The molecule has 0 aromatic heterocycles. The van der Waals surface area contributed by atoms with Crippen molar-refractivity contribution in [3.63, 3.8) is 0 Å². The molecule has 7 heteroatoms. The number of benzene rings is 3. The van der Waals surface area contributed by atoms with Gasteiger partial charge in [-0.1, -0.05) is 51.8 Å². The standard InChI is InChI=1S/C24H24BrNO4S/c1-16-11-13-22(14-12-16)31(28,29)26(23-10-5-7-17(2)18(23)3)24(27)19(4)30-21-9-6-8-20(25)15-21/h5-15,19H,1-4H3. The van der Waals surface area contributed by atoms with Crippen LogP contribution in [-0.4, -0.2) is 20.4 Å². The lowest BCUT2D eigenvalue weighted by Crippen LogP contribution is -2.44. The topological polar surface area (TPSA) is 63.7 Å². The van der Waals surface area contributed by atoms with Crippen molar-refractivity contribution in [1.29, 1.82) is 0 Å². The monoisotopic (exact) mass is 501 g/mol. The number of sulfonamides is 1. The molecule has 1 atom stereocenters. The Labute approximate surface area is 191 Å². The van der Waals surface area contributed by atoms with Gasteiger partial charge < -0.3 is 4.74 Å². The summed E-state index contributed by atoms with van der Waals surface area (Å²) < 4.78 is 34.7. The summed E-state index contributed by atoms with van der Waals surface area (Å²) in [5.41, 5.74) is 2.83. The first-order chi connectivity index (χ1) is 14.6. The van der Waals surface area contributed by atoms with E-state index in [1.165, 1.54) is 12.1 Å². The van der Waals surface area contributed by atoms with E-state index in [1.54, 1.807) is 56.3 Å². The summed E-state index contributed by atoms with van der Waals surface area (Å²) in [5.74, 6) is -0.210. The zero-order valence-electron chi connectivity index (χ0n) is 17.8. The van der Waals surface area contributed by atoms with Crippen LogP contribution in [-0.2, 0) is 14.8 Å². The number of nitrogens with zero attached hydrogens (tertiary/aromatic N) is 1. The summed E-state index contributed by atoms with van der Waals surface area (Å²) in [5, 5.41) is 0. The molecule has 0 aliphatic heterocycles. The Kier molecular flexibility index (Phi) is 6.86. The third-order valence-electron chi connectivity index (χ3n) is 5.01. The molecule has 0 N–H and O–H groups in total. The molecule has 0 aliphatic carbocycles. The van der Waals surface area contributed by atoms with Crippen molar-refractivity contribution in [2.75, 3.05) is 4.31 Å². The molecule has 3 aromatic carbocycles. The second kappa shape index (κ2) is 9.24. The van der Waals surface area contributed by atoms with Crippen LogP contribution in [0.5, 0.6) is 5.75 Å². The smallest absolute Gasteiger partial charge is 0.281 e. The predicted octanol–water partition coefficient (Wildman–Crippen LogP) is 5.56. The van der Waals surface area contributed by atoms with Gasteiger partial charge in [0.05, 0.1) is 10.6 Å². The first-order valence-corrected chi connectivity index (χ1v) is 12.0. The van der Waals surface area contributed by atoms with Crippen LogP contribution in [0.15, 0.2) is 76.1 Å². The van der Waals surface area contributed by atoms with Crippen molar-refractivity contribution >= 4 is 37.5 Å². The molecule has 3 rings (SSSR count). The number of amides is 1. The van der Waals surface area contributed by atoms with Crippen LogP contribution in [0.2, 0.25) is 0 Å². The van der Waals surface area contributed by atoms with E-state index in [2.05, 4.69) is 15.9 Å². The van der Waals surface area contributed by atoms with Gasteiger partial charge >= 0.3 is 0 Å². The van der Waals surface area contributed by atoms with E-state index in [9.17, 15) is 13.2 Å². The zero-order valence-corrected chi connectivity index (χ0v) is 20.2. The molecular formula is C24H24BrNO4S. The Morgan fingerprint density at radius 1 is 0.968 bits per heavy atom. The molecule has 1 amide bonds. The van der Waals surface area contributed by atoms with Gasteiger partial charge in [0.1, 0.15) is 5.75 Å². The summed E-state index contributed by atoms with van der Waals surface area (Å²) in [6.45, 7) is 7.10. The van der Waals surface area contributed by atoms with Gasteiger partial charge in [-0.25, -0.2) is 8.42 Å². The molecule has 0 saturated carbocycles. The van der Waals surface area contributed by atoms with Crippen LogP contribution in [0.4, 0.5) is 5.69 Å². The maximum absolute atomic E-state index is 13.6. The Bertz CT molecular complexity index is 1210. The van der Waals surface area contributed by atoms with E-state index in [0.29, 0.717) is 17.0 Å². The van der Waals surface area contributed by atoms with Gasteiger partial charge in [0.15, 0.2) is 6.10 Å². The van der Waals surface area contributed by atoms with E-state index in [4.69, 9.17) is 4.74 Å². The highest BCUT2D eigenvalue weighted by Gasteiger charge is 2.35. The van der Waals surface area contributed by atoms with Crippen LogP contribution in [0, 0.1) is 20.8 Å². The number of hydrogen-bond acceptors (Lipinski definition) is 4. The summed E-state index contributed by atoms with van der Waals surface area (Å²) in [6.07, 6.45) is -1.03. The highest BCUT2D eigenvalue weighted by molar-refractivity contribution is 9.10. The van der Waals surface area contributed by atoms with Gasteiger partial charge in [-0.05, 0) is 75.2 Å². The van der Waals surface area contributed by atoms with Crippen molar-refractivity contribution in [2.24, 2.45) is 0 Å². The molecule has 0 radical (unpaired) electrons. The molecule has 0 spiro atoms. The van der Waals surface area contributed by atoms with Crippen molar-refractivity contribution in [2.45, 2.75) is 38.7 Å². The van der Waals surface area contributed by atoms with E-state index in [-0.39, 0.29) is 4.90 Å². The number of hydrogen-bond donors (Lipinski definition) is 0. The Balaban J connectivity index is 2.08. The van der Waals surface area contributed by atoms with Gasteiger partial charge in [-0.15, -0.1) is 0 Å². The lowest BCUT2D eigenvalue weighted by atomic mass is 10.1. The minimum Gasteiger partial charge on any atom is -0.481 e. The van der Waals surface area contributed by atoms with Crippen LogP contribution in [0.25, 0.3) is 0 Å². The molecule has 3 aromatic rings. The maximum Gasteiger partial charge on any atom is 0.281 e. The second-order valence-electron chi connectivity index (χ2n) is 7.36. The summed E-state index contributed by atoms with van der Waals surface area (Å²) in [7, 11) is -4.16.